The van der Waals surface area contributed by atoms with Crippen molar-refractivity contribution in [3.8, 4) is 0 Å². The summed E-state index contributed by atoms with van der Waals surface area (Å²) in [6.45, 7) is 0. The molecule has 0 radical (unpaired) electrons. The van der Waals surface area contributed by atoms with Gasteiger partial charge in [0.1, 0.15) is 0 Å². The third-order valence-corrected chi connectivity index (χ3v) is 5.38. The highest BCUT2D eigenvalue weighted by molar-refractivity contribution is 7.99. The lowest BCUT2D eigenvalue weighted by Gasteiger charge is -2.41. The van der Waals surface area contributed by atoms with Crippen molar-refractivity contribution in [2.75, 3.05) is 11.5 Å². The molecular weight excluding hydrogens is 190 g/mol. The third kappa shape index (κ3) is 1.96. The van der Waals surface area contributed by atoms with Crippen LogP contribution in [0.1, 0.15) is 38.5 Å². The lowest BCUT2D eigenvalue weighted by atomic mass is 9.76. The molecule has 3 rings (SSSR count). The van der Waals surface area contributed by atoms with E-state index in [9.17, 15) is 0 Å². The summed E-state index contributed by atoms with van der Waals surface area (Å²) < 4.78 is 0. The Morgan fingerprint density at radius 3 is 2.50 bits per heavy atom. The number of rotatable bonds is 3. The van der Waals surface area contributed by atoms with Gasteiger partial charge in [-0.15, -0.1) is 0 Å². The van der Waals surface area contributed by atoms with Crippen molar-refractivity contribution < 1.29 is 0 Å². The minimum absolute atomic E-state index is 0.847. The van der Waals surface area contributed by atoms with E-state index in [1.165, 1.54) is 50.0 Å². The molecule has 1 saturated heterocycles. The molecule has 3 atom stereocenters. The van der Waals surface area contributed by atoms with Crippen LogP contribution in [0.5, 0.6) is 0 Å². The summed E-state index contributed by atoms with van der Waals surface area (Å²) >= 11 is 2.14. The van der Waals surface area contributed by atoms with Gasteiger partial charge in [0.25, 0.3) is 0 Å². The molecule has 0 spiro atoms. The predicted molar refractivity (Wildman–Crippen MR) is 62.7 cm³/mol. The second-order valence-corrected chi connectivity index (χ2v) is 6.42. The maximum Gasteiger partial charge on any atom is 0.0161 e. The monoisotopic (exact) mass is 211 g/mol. The van der Waals surface area contributed by atoms with Crippen molar-refractivity contribution >= 4 is 11.8 Å². The highest BCUT2D eigenvalue weighted by atomic mass is 32.2. The fourth-order valence-corrected chi connectivity index (χ4v) is 4.08. The van der Waals surface area contributed by atoms with E-state index in [4.69, 9.17) is 0 Å². The Morgan fingerprint density at radius 1 is 1.00 bits per heavy atom. The van der Waals surface area contributed by atoms with Crippen LogP contribution in [-0.2, 0) is 0 Å². The van der Waals surface area contributed by atoms with E-state index in [0.29, 0.717) is 0 Å². The van der Waals surface area contributed by atoms with E-state index in [-0.39, 0.29) is 0 Å². The summed E-state index contributed by atoms with van der Waals surface area (Å²) in [5.74, 6) is 4.96. The molecule has 0 aromatic carbocycles. The summed E-state index contributed by atoms with van der Waals surface area (Å²) in [5, 5.41) is 3.91. The second kappa shape index (κ2) is 4.05. The Bertz CT molecular complexity index is 196. The van der Waals surface area contributed by atoms with Gasteiger partial charge in [-0.2, -0.15) is 11.8 Å². The molecule has 0 aromatic heterocycles. The minimum Gasteiger partial charge on any atom is -0.310 e. The van der Waals surface area contributed by atoms with Crippen molar-refractivity contribution in [1.29, 1.82) is 0 Å². The van der Waals surface area contributed by atoms with E-state index in [2.05, 4.69) is 17.1 Å². The van der Waals surface area contributed by atoms with Gasteiger partial charge < -0.3 is 5.32 Å². The Kier molecular flexibility index (Phi) is 2.76. The standard InChI is InChI=1S/C12H21NS/c1-2-10(8-14-7-1)13-12-6-5-11(12)9-3-4-9/h9-13H,1-8H2. The fraction of sp³-hybridized carbons (Fsp3) is 1.00. The molecule has 1 N–H and O–H groups in total. The van der Waals surface area contributed by atoms with Gasteiger partial charge in [-0.3, -0.25) is 0 Å². The lowest BCUT2D eigenvalue weighted by molar-refractivity contribution is 0.169. The smallest absolute Gasteiger partial charge is 0.0161 e. The van der Waals surface area contributed by atoms with Crippen LogP contribution in [0, 0.1) is 11.8 Å². The van der Waals surface area contributed by atoms with Crippen LogP contribution in [-0.4, -0.2) is 23.6 Å². The molecule has 2 heteroatoms. The molecule has 1 nitrogen and oxygen atoms in total. The Labute approximate surface area is 91.4 Å². The van der Waals surface area contributed by atoms with Gasteiger partial charge in [0.05, 0.1) is 0 Å². The Morgan fingerprint density at radius 2 is 1.93 bits per heavy atom. The number of thioether (sulfide) groups is 1. The van der Waals surface area contributed by atoms with Crippen LogP contribution in [0.15, 0.2) is 0 Å². The summed E-state index contributed by atoms with van der Waals surface area (Å²) in [6, 6.07) is 1.76. The zero-order valence-corrected chi connectivity index (χ0v) is 9.69. The molecule has 2 saturated carbocycles. The molecule has 14 heavy (non-hydrogen) atoms. The van der Waals surface area contributed by atoms with Crippen molar-refractivity contribution in [2.24, 2.45) is 11.8 Å². The lowest BCUT2D eigenvalue weighted by Crippen LogP contribution is -2.50. The number of hydrogen-bond acceptors (Lipinski definition) is 2. The van der Waals surface area contributed by atoms with Gasteiger partial charge in [-0.25, -0.2) is 0 Å². The van der Waals surface area contributed by atoms with Crippen LogP contribution in [0.25, 0.3) is 0 Å². The molecule has 80 valence electrons. The first-order valence-electron chi connectivity index (χ1n) is 6.27. The van der Waals surface area contributed by atoms with Crippen LogP contribution < -0.4 is 5.32 Å². The maximum atomic E-state index is 3.91. The van der Waals surface area contributed by atoms with E-state index >= 15 is 0 Å². The van der Waals surface area contributed by atoms with Crippen LogP contribution >= 0.6 is 11.8 Å². The predicted octanol–water partition coefficient (Wildman–Crippen LogP) is 2.66. The summed E-state index contributed by atoms with van der Waals surface area (Å²) in [5.41, 5.74) is 0. The SMILES string of the molecule is C1CSCC(NC2CCC2C2CC2)C1. The first kappa shape index (κ1) is 9.53. The van der Waals surface area contributed by atoms with E-state index in [1.807, 2.05) is 0 Å². The van der Waals surface area contributed by atoms with Gasteiger partial charge in [0.2, 0.25) is 0 Å². The zero-order chi connectivity index (χ0) is 9.38. The zero-order valence-electron chi connectivity index (χ0n) is 8.87. The highest BCUT2D eigenvalue weighted by Crippen LogP contribution is 2.47. The molecule has 3 aliphatic rings. The first-order chi connectivity index (χ1) is 6.93. The summed E-state index contributed by atoms with van der Waals surface area (Å²) in [4.78, 5) is 0. The summed E-state index contributed by atoms with van der Waals surface area (Å²) in [6.07, 6.45) is 8.90. The van der Waals surface area contributed by atoms with Gasteiger partial charge in [0.15, 0.2) is 0 Å². The van der Waals surface area contributed by atoms with Gasteiger partial charge in [0, 0.05) is 17.8 Å². The van der Waals surface area contributed by atoms with E-state index in [0.717, 1.165) is 23.9 Å². The average Bonchev–Trinajstić information content (AvgIpc) is 2.99. The largest absolute Gasteiger partial charge is 0.310 e. The van der Waals surface area contributed by atoms with Crippen LogP contribution in [0.2, 0.25) is 0 Å². The molecule has 0 aromatic rings. The summed E-state index contributed by atoms with van der Waals surface area (Å²) in [7, 11) is 0. The normalized spacial score (nSPS) is 43.3. The Balaban J connectivity index is 1.46. The molecule has 1 heterocycles. The molecule has 0 bridgehead atoms. The fourth-order valence-electron chi connectivity index (χ4n) is 3.00. The number of hydrogen-bond donors (Lipinski definition) is 1. The van der Waals surface area contributed by atoms with E-state index in [1.54, 1.807) is 0 Å². The molecule has 1 aliphatic heterocycles. The van der Waals surface area contributed by atoms with E-state index < -0.39 is 0 Å². The topological polar surface area (TPSA) is 12.0 Å². The minimum atomic E-state index is 0.847. The van der Waals surface area contributed by atoms with Crippen molar-refractivity contribution in [1.82, 2.24) is 5.32 Å². The second-order valence-electron chi connectivity index (χ2n) is 5.27. The average molecular weight is 211 g/mol. The quantitative estimate of drug-likeness (QED) is 0.770. The van der Waals surface area contributed by atoms with Gasteiger partial charge >= 0.3 is 0 Å². The molecule has 0 amide bonds. The maximum absolute atomic E-state index is 3.91. The number of nitrogens with one attached hydrogen (secondary N) is 1. The van der Waals surface area contributed by atoms with Gasteiger partial charge in [-0.1, -0.05) is 0 Å². The van der Waals surface area contributed by atoms with Gasteiger partial charge in [-0.05, 0) is 56.1 Å². The van der Waals surface area contributed by atoms with Crippen molar-refractivity contribution in [3.05, 3.63) is 0 Å². The highest BCUT2D eigenvalue weighted by Gasteiger charge is 2.42. The third-order valence-electron chi connectivity index (χ3n) is 4.17. The molecule has 3 fully saturated rings. The van der Waals surface area contributed by atoms with Crippen molar-refractivity contribution in [2.45, 2.75) is 50.6 Å². The van der Waals surface area contributed by atoms with Crippen LogP contribution in [0.4, 0.5) is 0 Å². The molecule has 3 unspecified atom stereocenters. The van der Waals surface area contributed by atoms with Crippen LogP contribution in [0.3, 0.4) is 0 Å². The van der Waals surface area contributed by atoms with Crippen molar-refractivity contribution in [3.63, 3.8) is 0 Å². The Hall–Kier alpha value is 0.310. The molecule has 2 aliphatic carbocycles. The first-order valence-corrected chi connectivity index (χ1v) is 7.43. The molecular formula is C12H21NS.